The van der Waals surface area contributed by atoms with Crippen LogP contribution in [0, 0.1) is 12.7 Å². The van der Waals surface area contributed by atoms with Crippen LogP contribution in [0.25, 0.3) is 0 Å². The first kappa shape index (κ1) is 19.1. The number of anilines is 1. The Bertz CT molecular complexity index is 943. The van der Waals surface area contributed by atoms with E-state index in [1.807, 2.05) is 25.1 Å². The summed E-state index contributed by atoms with van der Waals surface area (Å²) in [6, 6.07) is 10.7. The molecule has 0 saturated heterocycles. The van der Waals surface area contributed by atoms with Crippen molar-refractivity contribution < 1.29 is 4.39 Å². The Morgan fingerprint density at radius 1 is 1.11 bits per heavy atom. The largest absolute Gasteiger partial charge is 0.355 e. The highest BCUT2D eigenvalue weighted by molar-refractivity contribution is 7.98. The zero-order valence-corrected chi connectivity index (χ0v) is 15.9. The van der Waals surface area contributed by atoms with Crippen molar-refractivity contribution in [2.24, 2.45) is 0 Å². The number of aryl methyl sites for hydroxylation is 1. The van der Waals surface area contributed by atoms with Gasteiger partial charge in [-0.1, -0.05) is 24.3 Å². The maximum atomic E-state index is 13.5. The molecule has 0 amide bonds. The van der Waals surface area contributed by atoms with Crippen LogP contribution in [0.3, 0.4) is 0 Å². The third-order valence-corrected chi connectivity index (χ3v) is 5.00. The summed E-state index contributed by atoms with van der Waals surface area (Å²) in [5, 5.41) is 3.09. The fourth-order valence-corrected chi connectivity index (χ4v) is 3.34. The van der Waals surface area contributed by atoms with E-state index < -0.39 is 0 Å². The van der Waals surface area contributed by atoms with Gasteiger partial charge >= 0.3 is 0 Å². The summed E-state index contributed by atoms with van der Waals surface area (Å²) in [5.74, 6) is 1.65. The molecule has 2 aromatic heterocycles. The lowest BCUT2D eigenvalue weighted by atomic mass is 10.1. The molecule has 3 rings (SSSR count). The van der Waals surface area contributed by atoms with Gasteiger partial charge in [0.25, 0.3) is 5.56 Å². The van der Waals surface area contributed by atoms with Crippen LogP contribution in [0.2, 0.25) is 0 Å². The summed E-state index contributed by atoms with van der Waals surface area (Å²) < 4.78 is 13.5. The normalized spacial score (nSPS) is 10.7. The molecule has 0 unspecified atom stereocenters. The molecule has 5 nitrogen and oxygen atoms in total. The van der Waals surface area contributed by atoms with E-state index in [1.165, 1.54) is 6.07 Å². The molecule has 0 saturated carbocycles. The molecule has 140 valence electrons. The molecule has 7 heteroatoms. The average Bonchev–Trinajstić information content (AvgIpc) is 2.67. The number of thioether (sulfide) groups is 1. The van der Waals surface area contributed by atoms with Gasteiger partial charge in [0.15, 0.2) is 0 Å². The number of aromatic nitrogens is 3. The molecule has 0 bridgehead atoms. The minimum absolute atomic E-state index is 0.160. The highest BCUT2D eigenvalue weighted by Crippen LogP contribution is 2.15. The van der Waals surface area contributed by atoms with E-state index in [0.29, 0.717) is 35.8 Å². The smallest absolute Gasteiger partial charge is 0.255 e. The van der Waals surface area contributed by atoms with Crippen LogP contribution in [0.15, 0.2) is 53.6 Å². The number of H-pyrrole nitrogens is 1. The van der Waals surface area contributed by atoms with E-state index in [2.05, 4.69) is 20.3 Å². The summed E-state index contributed by atoms with van der Waals surface area (Å²) in [6.07, 6.45) is 3.86. The fourth-order valence-electron chi connectivity index (χ4n) is 2.50. The zero-order chi connectivity index (χ0) is 19.1. The van der Waals surface area contributed by atoms with Crippen molar-refractivity contribution in [2.75, 3.05) is 17.6 Å². The third-order valence-electron chi connectivity index (χ3n) is 3.99. The maximum absolute atomic E-state index is 13.5. The number of benzene rings is 1. The Balaban J connectivity index is 1.47. The quantitative estimate of drug-likeness (QED) is 0.581. The molecule has 3 aromatic rings. The van der Waals surface area contributed by atoms with Gasteiger partial charge in [-0.15, -0.1) is 0 Å². The predicted octanol–water partition coefficient (Wildman–Crippen LogP) is 3.55. The lowest BCUT2D eigenvalue weighted by Gasteiger charge is -2.07. The molecule has 1 aromatic carbocycles. The molecule has 0 aliphatic heterocycles. The Kier molecular flexibility index (Phi) is 6.59. The van der Waals surface area contributed by atoms with Crippen molar-refractivity contribution in [1.82, 2.24) is 15.0 Å². The molecule has 0 radical (unpaired) electrons. The van der Waals surface area contributed by atoms with Crippen LogP contribution in [0.4, 0.5) is 10.3 Å². The minimum atomic E-state index is -0.177. The Morgan fingerprint density at radius 3 is 2.70 bits per heavy atom. The van der Waals surface area contributed by atoms with E-state index in [-0.39, 0.29) is 11.4 Å². The van der Waals surface area contributed by atoms with Gasteiger partial charge in [0.1, 0.15) is 5.82 Å². The number of pyridine rings is 1. The van der Waals surface area contributed by atoms with Gasteiger partial charge in [-0.3, -0.25) is 14.8 Å². The van der Waals surface area contributed by atoms with Crippen molar-refractivity contribution in [3.8, 4) is 0 Å². The molecular weight excluding hydrogens is 363 g/mol. The first-order chi connectivity index (χ1) is 13.1. The number of nitrogens with zero attached hydrogens (tertiary/aromatic N) is 2. The number of nitrogens with one attached hydrogen (secondary N) is 2. The average molecular weight is 384 g/mol. The van der Waals surface area contributed by atoms with Gasteiger partial charge in [0.2, 0.25) is 5.95 Å². The second-order valence-corrected chi connectivity index (χ2v) is 7.25. The van der Waals surface area contributed by atoms with Crippen LogP contribution >= 0.6 is 11.8 Å². The highest BCUT2D eigenvalue weighted by Gasteiger charge is 2.05. The standard InChI is InChI=1S/C20H21FN4OS/c1-14-6-7-15(11-23-14)10-17-12-24-20(25-19(17)26)22-8-9-27-13-16-4-2-3-5-18(16)21/h2-7,11-12H,8-10,13H2,1H3,(H2,22,24,25,26). The first-order valence-corrected chi connectivity index (χ1v) is 9.82. The molecule has 0 fully saturated rings. The summed E-state index contributed by atoms with van der Waals surface area (Å²) in [4.78, 5) is 23.5. The molecular formula is C20H21FN4OS. The van der Waals surface area contributed by atoms with Crippen molar-refractivity contribution in [3.63, 3.8) is 0 Å². The third kappa shape index (κ3) is 5.65. The monoisotopic (exact) mass is 384 g/mol. The molecule has 0 aliphatic carbocycles. The van der Waals surface area contributed by atoms with Gasteiger partial charge in [0, 0.05) is 48.1 Å². The summed E-state index contributed by atoms with van der Waals surface area (Å²) in [7, 11) is 0. The highest BCUT2D eigenvalue weighted by atomic mass is 32.2. The van der Waals surface area contributed by atoms with Gasteiger partial charge < -0.3 is 5.32 Å². The van der Waals surface area contributed by atoms with Gasteiger partial charge in [-0.05, 0) is 30.2 Å². The Labute approximate surface area is 161 Å². The van der Waals surface area contributed by atoms with E-state index in [0.717, 1.165) is 17.0 Å². The Hall–Kier alpha value is -2.67. The first-order valence-electron chi connectivity index (χ1n) is 8.66. The Morgan fingerprint density at radius 2 is 1.96 bits per heavy atom. The van der Waals surface area contributed by atoms with Crippen molar-refractivity contribution in [2.45, 2.75) is 19.1 Å². The van der Waals surface area contributed by atoms with Gasteiger partial charge in [-0.2, -0.15) is 11.8 Å². The molecule has 0 spiro atoms. The van der Waals surface area contributed by atoms with E-state index in [4.69, 9.17) is 0 Å². The molecule has 2 heterocycles. The number of hydrogen-bond donors (Lipinski definition) is 2. The van der Waals surface area contributed by atoms with Crippen LogP contribution in [0.1, 0.15) is 22.4 Å². The van der Waals surface area contributed by atoms with Crippen LogP contribution in [0.5, 0.6) is 0 Å². The van der Waals surface area contributed by atoms with Crippen molar-refractivity contribution in [1.29, 1.82) is 0 Å². The summed E-state index contributed by atoms with van der Waals surface area (Å²) in [5.41, 5.74) is 3.05. The summed E-state index contributed by atoms with van der Waals surface area (Å²) >= 11 is 1.62. The van der Waals surface area contributed by atoms with E-state index in [1.54, 1.807) is 36.3 Å². The van der Waals surface area contributed by atoms with Gasteiger partial charge in [-0.25, -0.2) is 9.37 Å². The number of aromatic amines is 1. The predicted molar refractivity (Wildman–Crippen MR) is 108 cm³/mol. The van der Waals surface area contributed by atoms with E-state index >= 15 is 0 Å². The van der Waals surface area contributed by atoms with Crippen molar-refractivity contribution >= 4 is 17.7 Å². The summed E-state index contributed by atoms with van der Waals surface area (Å²) in [6.45, 7) is 2.55. The second-order valence-electron chi connectivity index (χ2n) is 6.14. The SMILES string of the molecule is Cc1ccc(Cc2cnc(NCCSCc3ccccc3F)[nH]c2=O)cn1. The topological polar surface area (TPSA) is 70.7 Å². The van der Waals surface area contributed by atoms with Crippen molar-refractivity contribution in [3.05, 3.63) is 87.3 Å². The molecule has 27 heavy (non-hydrogen) atoms. The van der Waals surface area contributed by atoms with Crippen LogP contribution in [-0.4, -0.2) is 27.2 Å². The maximum Gasteiger partial charge on any atom is 0.255 e. The molecule has 0 aliphatic rings. The molecule has 2 N–H and O–H groups in total. The number of hydrogen-bond acceptors (Lipinski definition) is 5. The van der Waals surface area contributed by atoms with Crippen LogP contribution < -0.4 is 10.9 Å². The molecule has 0 atom stereocenters. The number of halogens is 1. The van der Waals surface area contributed by atoms with Gasteiger partial charge in [0.05, 0.1) is 0 Å². The lowest BCUT2D eigenvalue weighted by Crippen LogP contribution is -2.18. The van der Waals surface area contributed by atoms with Crippen LogP contribution in [-0.2, 0) is 12.2 Å². The fraction of sp³-hybridized carbons (Fsp3) is 0.250. The zero-order valence-electron chi connectivity index (χ0n) is 15.0. The number of rotatable bonds is 8. The minimum Gasteiger partial charge on any atom is -0.355 e. The van der Waals surface area contributed by atoms with E-state index in [9.17, 15) is 9.18 Å². The second kappa shape index (κ2) is 9.32. The lowest BCUT2D eigenvalue weighted by molar-refractivity contribution is 0.617.